The Kier molecular flexibility index (Phi) is 7.28. The van der Waals surface area contributed by atoms with Gasteiger partial charge in [-0.3, -0.25) is 0 Å². The van der Waals surface area contributed by atoms with Crippen LogP contribution in [0.2, 0.25) is 0 Å². The monoisotopic (exact) mass is 360 g/mol. The summed E-state index contributed by atoms with van der Waals surface area (Å²) in [6, 6.07) is 4.29. The molecule has 1 saturated carbocycles. The highest BCUT2D eigenvalue weighted by Gasteiger charge is 2.22. The van der Waals surface area contributed by atoms with Crippen LogP contribution in [0.1, 0.15) is 83.1 Å². The van der Waals surface area contributed by atoms with Gasteiger partial charge in [-0.05, 0) is 74.0 Å². The maximum Gasteiger partial charge on any atom is 0.159 e. The van der Waals surface area contributed by atoms with E-state index < -0.39 is 11.6 Å². The van der Waals surface area contributed by atoms with Crippen molar-refractivity contribution >= 4 is 0 Å². The molecule has 0 aliphatic heterocycles. The van der Waals surface area contributed by atoms with Gasteiger partial charge in [-0.2, -0.15) is 0 Å². The van der Waals surface area contributed by atoms with Gasteiger partial charge in [-0.25, -0.2) is 8.78 Å². The quantitative estimate of drug-likeness (QED) is 0.439. The molecule has 2 aliphatic carbocycles. The van der Waals surface area contributed by atoms with Crippen molar-refractivity contribution in [3.05, 3.63) is 47.0 Å². The molecule has 1 aromatic rings. The predicted octanol–water partition coefficient (Wildman–Crippen LogP) is 7.62. The van der Waals surface area contributed by atoms with Crippen molar-refractivity contribution in [3.8, 4) is 0 Å². The lowest BCUT2D eigenvalue weighted by Gasteiger charge is -2.29. The standard InChI is InChI=1S/C24H34F2/c1-2-18-3-5-19(6-4-18)7-8-20-9-11-21(12-10-20)13-14-22-15-16-23(25)24(26)17-22/h11,15-20H,2-10,12-14H2,1H3. The van der Waals surface area contributed by atoms with E-state index in [0.717, 1.165) is 36.2 Å². The van der Waals surface area contributed by atoms with Crippen LogP contribution in [0, 0.1) is 29.4 Å². The lowest BCUT2D eigenvalue weighted by atomic mass is 9.76. The number of hydrogen-bond donors (Lipinski definition) is 0. The smallest absolute Gasteiger partial charge is 0.159 e. The highest BCUT2D eigenvalue weighted by Crippen LogP contribution is 2.36. The third kappa shape index (κ3) is 5.66. The van der Waals surface area contributed by atoms with E-state index in [1.807, 2.05) is 0 Å². The molecule has 0 N–H and O–H groups in total. The van der Waals surface area contributed by atoms with Crippen molar-refractivity contribution < 1.29 is 8.78 Å². The summed E-state index contributed by atoms with van der Waals surface area (Å²) >= 11 is 0. The molecule has 1 unspecified atom stereocenters. The maximum absolute atomic E-state index is 13.3. The summed E-state index contributed by atoms with van der Waals surface area (Å²) in [6.45, 7) is 2.34. The van der Waals surface area contributed by atoms with Crippen LogP contribution in [0.5, 0.6) is 0 Å². The number of aryl methyl sites for hydroxylation is 1. The second kappa shape index (κ2) is 9.67. The summed E-state index contributed by atoms with van der Waals surface area (Å²) in [6.07, 6.45) is 18.0. The van der Waals surface area contributed by atoms with E-state index in [1.165, 1.54) is 81.9 Å². The molecule has 0 saturated heterocycles. The minimum absolute atomic E-state index is 0.729. The Bertz CT molecular complexity index is 596. The summed E-state index contributed by atoms with van der Waals surface area (Å²) in [4.78, 5) is 0. The zero-order chi connectivity index (χ0) is 18.4. The molecule has 0 nitrogen and oxygen atoms in total. The lowest BCUT2D eigenvalue weighted by Crippen LogP contribution is -2.15. The SMILES string of the molecule is CCC1CCC(CCC2CC=C(CCc3ccc(F)c(F)c3)CC2)CC1. The number of halogens is 2. The van der Waals surface area contributed by atoms with Gasteiger partial charge in [0.05, 0.1) is 0 Å². The van der Waals surface area contributed by atoms with Gasteiger partial charge in [0.15, 0.2) is 11.6 Å². The molecular weight excluding hydrogens is 326 g/mol. The Morgan fingerprint density at radius 2 is 1.58 bits per heavy atom. The fourth-order valence-electron chi connectivity index (χ4n) is 4.83. The largest absolute Gasteiger partial charge is 0.204 e. The molecule has 0 bridgehead atoms. The van der Waals surface area contributed by atoms with Crippen LogP contribution < -0.4 is 0 Å². The number of allylic oxidation sites excluding steroid dienone is 2. The molecule has 3 rings (SSSR count). The molecule has 0 aromatic heterocycles. The van der Waals surface area contributed by atoms with E-state index in [4.69, 9.17) is 0 Å². The maximum atomic E-state index is 13.3. The summed E-state index contributed by atoms with van der Waals surface area (Å²) in [5.74, 6) is 1.37. The lowest BCUT2D eigenvalue weighted by molar-refractivity contribution is 0.241. The van der Waals surface area contributed by atoms with Gasteiger partial charge in [0.2, 0.25) is 0 Å². The fraction of sp³-hybridized carbons (Fsp3) is 0.667. The molecule has 1 aromatic carbocycles. The Balaban J connectivity index is 1.36. The van der Waals surface area contributed by atoms with Gasteiger partial charge in [-0.1, -0.05) is 63.2 Å². The normalized spacial score (nSPS) is 26.6. The average molecular weight is 361 g/mol. The first-order chi connectivity index (χ1) is 12.6. The van der Waals surface area contributed by atoms with Gasteiger partial charge < -0.3 is 0 Å². The Morgan fingerprint density at radius 1 is 0.846 bits per heavy atom. The molecule has 0 radical (unpaired) electrons. The van der Waals surface area contributed by atoms with Gasteiger partial charge in [0.25, 0.3) is 0 Å². The molecule has 1 fully saturated rings. The summed E-state index contributed by atoms with van der Waals surface area (Å²) in [7, 11) is 0. The van der Waals surface area contributed by atoms with E-state index in [0.29, 0.717) is 0 Å². The Labute approximate surface area is 158 Å². The molecular formula is C24H34F2. The van der Waals surface area contributed by atoms with Crippen molar-refractivity contribution in [2.24, 2.45) is 17.8 Å². The van der Waals surface area contributed by atoms with Gasteiger partial charge in [0, 0.05) is 0 Å². The first-order valence-electron chi connectivity index (χ1n) is 10.8. The fourth-order valence-corrected chi connectivity index (χ4v) is 4.83. The second-order valence-electron chi connectivity index (χ2n) is 8.62. The molecule has 2 aliphatic rings. The van der Waals surface area contributed by atoms with Crippen LogP contribution in [0.4, 0.5) is 8.78 Å². The molecule has 0 spiro atoms. The zero-order valence-electron chi connectivity index (χ0n) is 16.3. The van der Waals surface area contributed by atoms with E-state index in [9.17, 15) is 8.78 Å². The van der Waals surface area contributed by atoms with Gasteiger partial charge in [0.1, 0.15) is 0 Å². The number of rotatable bonds is 7. The van der Waals surface area contributed by atoms with Gasteiger partial charge >= 0.3 is 0 Å². The minimum atomic E-state index is -0.753. The van der Waals surface area contributed by atoms with Gasteiger partial charge in [-0.15, -0.1) is 0 Å². The predicted molar refractivity (Wildman–Crippen MR) is 105 cm³/mol. The Morgan fingerprint density at radius 3 is 2.23 bits per heavy atom. The van der Waals surface area contributed by atoms with E-state index in [2.05, 4.69) is 13.0 Å². The summed E-state index contributed by atoms with van der Waals surface area (Å²) < 4.78 is 26.3. The van der Waals surface area contributed by atoms with Crippen molar-refractivity contribution in [1.29, 1.82) is 0 Å². The van der Waals surface area contributed by atoms with Crippen LogP contribution in [0.25, 0.3) is 0 Å². The highest BCUT2D eigenvalue weighted by atomic mass is 19.2. The van der Waals surface area contributed by atoms with Crippen molar-refractivity contribution in [1.82, 2.24) is 0 Å². The Hall–Kier alpha value is -1.18. The molecule has 1 atom stereocenters. The van der Waals surface area contributed by atoms with Crippen LogP contribution in [0.15, 0.2) is 29.8 Å². The van der Waals surface area contributed by atoms with Crippen LogP contribution in [-0.2, 0) is 6.42 Å². The minimum Gasteiger partial charge on any atom is -0.204 e. The number of benzene rings is 1. The zero-order valence-corrected chi connectivity index (χ0v) is 16.3. The van der Waals surface area contributed by atoms with Crippen LogP contribution in [-0.4, -0.2) is 0 Å². The first-order valence-corrected chi connectivity index (χ1v) is 10.8. The third-order valence-corrected chi connectivity index (χ3v) is 6.86. The highest BCUT2D eigenvalue weighted by molar-refractivity contribution is 5.19. The molecule has 0 heterocycles. The topological polar surface area (TPSA) is 0 Å². The molecule has 2 heteroatoms. The third-order valence-electron chi connectivity index (χ3n) is 6.86. The van der Waals surface area contributed by atoms with Crippen molar-refractivity contribution in [2.75, 3.05) is 0 Å². The summed E-state index contributed by atoms with van der Waals surface area (Å²) in [5, 5.41) is 0. The second-order valence-corrected chi connectivity index (χ2v) is 8.62. The van der Waals surface area contributed by atoms with Crippen molar-refractivity contribution in [2.45, 2.75) is 84.0 Å². The van der Waals surface area contributed by atoms with E-state index in [1.54, 1.807) is 6.07 Å². The van der Waals surface area contributed by atoms with Crippen LogP contribution in [0.3, 0.4) is 0 Å². The number of hydrogen-bond acceptors (Lipinski definition) is 0. The van der Waals surface area contributed by atoms with E-state index in [-0.39, 0.29) is 0 Å². The molecule has 144 valence electrons. The first kappa shape index (κ1) is 19.6. The molecule has 0 amide bonds. The molecule has 26 heavy (non-hydrogen) atoms. The summed E-state index contributed by atoms with van der Waals surface area (Å²) in [5.41, 5.74) is 2.41. The van der Waals surface area contributed by atoms with Crippen molar-refractivity contribution in [3.63, 3.8) is 0 Å². The average Bonchev–Trinajstić information content (AvgIpc) is 2.68. The van der Waals surface area contributed by atoms with E-state index >= 15 is 0 Å². The van der Waals surface area contributed by atoms with Crippen LogP contribution >= 0.6 is 0 Å².